The summed E-state index contributed by atoms with van der Waals surface area (Å²) in [4.78, 5) is 0. The number of halogens is 1. The molecule has 0 radical (unpaired) electrons. The molecule has 1 atom stereocenters. The van der Waals surface area contributed by atoms with Gasteiger partial charge in [0.15, 0.2) is 0 Å². The summed E-state index contributed by atoms with van der Waals surface area (Å²) in [6.45, 7) is 4.84. The molecule has 112 valence electrons. The van der Waals surface area contributed by atoms with Gasteiger partial charge >= 0.3 is 0 Å². The Bertz CT molecular complexity index is 461. The highest BCUT2D eigenvalue weighted by Gasteiger charge is 2.35. The molecule has 1 aliphatic heterocycles. The van der Waals surface area contributed by atoms with Crippen molar-refractivity contribution in [3.63, 3.8) is 0 Å². The Morgan fingerprint density at radius 1 is 1.40 bits per heavy atom. The number of aliphatic hydroxyl groups excluding tert-OH is 1. The van der Waals surface area contributed by atoms with Crippen molar-refractivity contribution in [3.05, 3.63) is 27.7 Å². The van der Waals surface area contributed by atoms with E-state index >= 15 is 0 Å². The van der Waals surface area contributed by atoms with E-state index in [4.69, 9.17) is 9.47 Å². The van der Waals surface area contributed by atoms with Crippen LogP contribution in [0.1, 0.15) is 37.8 Å². The van der Waals surface area contributed by atoms with Crippen LogP contribution in [0.3, 0.4) is 0 Å². The van der Waals surface area contributed by atoms with E-state index in [0.717, 1.165) is 41.7 Å². The van der Waals surface area contributed by atoms with Gasteiger partial charge in [-0.25, -0.2) is 0 Å². The molecule has 1 aromatic carbocycles. The van der Waals surface area contributed by atoms with E-state index in [1.807, 2.05) is 6.07 Å². The number of hydrogen-bond donors (Lipinski definition) is 1. The quantitative estimate of drug-likeness (QED) is 0.859. The van der Waals surface area contributed by atoms with E-state index in [9.17, 15) is 5.11 Å². The third-order valence-electron chi connectivity index (χ3n) is 4.45. The molecule has 4 heteroatoms. The van der Waals surface area contributed by atoms with Gasteiger partial charge in [0.2, 0.25) is 0 Å². The van der Waals surface area contributed by atoms with Crippen LogP contribution in [0.5, 0.6) is 5.75 Å². The number of ether oxygens (including phenoxy) is 2. The molecule has 0 aromatic heterocycles. The summed E-state index contributed by atoms with van der Waals surface area (Å²) in [5, 5.41) is 10.6. The first-order valence-electron chi connectivity index (χ1n) is 7.23. The standard InChI is InChI=1S/C16H23BrO3/c1-4-16(5-2,19-3)14(18)10-12-9-13(17)8-11-6-7-20-15(11)12/h8-9,14,18H,4-7,10H2,1-3H3. The molecule has 0 saturated carbocycles. The Kier molecular flexibility index (Phi) is 5.10. The van der Waals surface area contributed by atoms with E-state index in [2.05, 4.69) is 35.8 Å². The Balaban J connectivity index is 2.26. The van der Waals surface area contributed by atoms with Crippen molar-refractivity contribution in [2.24, 2.45) is 0 Å². The number of benzene rings is 1. The first-order chi connectivity index (χ1) is 9.56. The lowest BCUT2D eigenvalue weighted by Crippen LogP contribution is -2.44. The highest BCUT2D eigenvalue weighted by Crippen LogP contribution is 2.36. The van der Waals surface area contributed by atoms with Gasteiger partial charge in [-0.2, -0.15) is 0 Å². The van der Waals surface area contributed by atoms with Crippen molar-refractivity contribution in [3.8, 4) is 5.75 Å². The lowest BCUT2D eigenvalue weighted by Gasteiger charge is -2.35. The third kappa shape index (κ3) is 2.87. The van der Waals surface area contributed by atoms with Crippen molar-refractivity contribution in [1.82, 2.24) is 0 Å². The second kappa shape index (κ2) is 6.46. The van der Waals surface area contributed by atoms with E-state index in [1.54, 1.807) is 7.11 Å². The number of aliphatic hydroxyl groups is 1. The zero-order valence-electron chi connectivity index (χ0n) is 12.4. The minimum absolute atomic E-state index is 0.478. The summed E-state index contributed by atoms with van der Waals surface area (Å²) < 4.78 is 12.4. The molecule has 0 saturated heterocycles. The molecule has 1 heterocycles. The summed E-state index contributed by atoms with van der Waals surface area (Å²) >= 11 is 3.54. The molecule has 1 N–H and O–H groups in total. The summed E-state index contributed by atoms with van der Waals surface area (Å²) in [5.41, 5.74) is 1.80. The first kappa shape index (κ1) is 15.8. The van der Waals surface area contributed by atoms with Gasteiger partial charge in [-0.05, 0) is 36.1 Å². The van der Waals surface area contributed by atoms with Gasteiger partial charge in [-0.15, -0.1) is 0 Å². The molecule has 0 fully saturated rings. The van der Waals surface area contributed by atoms with Gasteiger partial charge in [0.1, 0.15) is 5.75 Å². The minimum atomic E-state index is -0.537. The van der Waals surface area contributed by atoms with Crippen molar-refractivity contribution in [2.75, 3.05) is 13.7 Å². The predicted molar refractivity (Wildman–Crippen MR) is 83.4 cm³/mol. The smallest absolute Gasteiger partial charge is 0.125 e. The maximum Gasteiger partial charge on any atom is 0.125 e. The number of rotatable bonds is 6. The minimum Gasteiger partial charge on any atom is -0.493 e. The van der Waals surface area contributed by atoms with Crippen LogP contribution in [-0.2, 0) is 17.6 Å². The van der Waals surface area contributed by atoms with Crippen LogP contribution in [0.2, 0.25) is 0 Å². The second-order valence-electron chi connectivity index (χ2n) is 5.35. The van der Waals surface area contributed by atoms with Crippen LogP contribution in [-0.4, -0.2) is 30.5 Å². The zero-order valence-corrected chi connectivity index (χ0v) is 14.0. The SMILES string of the molecule is CCC(CC)(OC)C(O)Cc1cc(Br)cc2c1OCC2. The van der Waals surface area contributed by atoms with Crippen molar-refractivity contribution in [2.45, 2.75) is 51.2 Å². The maximum atomic E-state index is 10.6. The molecular formula is C16H23BrO3. The van der Waals surface area contributed by atoms with E-state index in [1.165, 1.54) is 5.56 Å². The molecule has 0 aliphatic carbocycles. The summed E-state index contributed by atoms with van der Waals surface area (Å²) in [7, 11) is 1.68. The van der Waals surface area contributed by atoms with Crippen molar-refractivity contribution >= 4 is 15.9 Å². The highest BCUT2D eigenvalue weighted by molar-refractivity contribution is 9.10. The Labute approximate surface area is 129 Å². The average molecular weight is 343 g/mol. The van der Waals surface area contributed by atoms with Gasteiger partial charge in [0.05, 0.1) is 18.3 Å². The maximum absolute atomic E-state index is 10.6. The third-order valence-corrected chi connectivity index (χ3v) is 4.91. The number of fused-ring (bicyclic) bond motifs is 1. The fraction of sp³-hybridized carbons (Fsp3) is 0.625. The van der Waals surface area contributed by atoms with E-state index < -0.39 is 11.7 Å². The molecule has 1 aliphatic rings. The molecule has 2 rings (SSSR count). The van der Waals surface area contributed by atoms with Gasteiger partial charge in [-0.3, -0.25) is 0 Å². The number of hydrogen-bond acceptors (Lipinski definition) is 3. The van der Waals surface area contributed by atoms with Crippen LogP contribution >= 0.6 is 15.9 Å². The van der Waals surface area contributed by atoms with Gasteiger partial charge in [0.25, 0.3) is 0 Å². The summed E-state index contributed by atoms with van der Waals surface area (Å²) in [5.74, 6) is 0.949. The normalized spacial score (nSPS) is 15.8. The summed E-state index contributed by atoms with van der Waals surface area (Å²) in [6.07, 6.45) is 2.54. The first-order valence-corrected chi connectivity index (χ1v) is 8.03. The van der Waals surface area contributed by atoms with Crippen LogP contribution in [0.15, 0.2) is 16.6 Å². The van der Waals surface area contributed by atoms with Crippen LogP contribution < -0.4 is 4.74 Å². The van der Waals surface area contributed by atoms with E-state index in [0.29, 0.717) is 6.42 Å². The molecule has 0 bridgehead atoms. The van der Waals surface area contributed by atoms with Crippen molar-refractivity contribution in [1.29, 1.82) is 0 Å². The molecule has 0 spiro atoms. The molecule has 0 amide bonds. The van der Waals surface area contributed by atoms with Crippen LogP contribution in [0.4, 0.5) is 0 Å². The average Bonchev–Trinajstić information content (AvgIpc) is 2.89. The fourth-order valence-electron chi connectivity index (χ4n) is 3.04. The van der Waals surface area contributed by atoms with Crippen LogP contribution in [0, 0.1) is 0 Å². The molecule has 3 nitrogen and oxygen atoms in total. The molecule has 1 aromatic rings. The Morgan fingerprint density at radius 3 is 2.70 bits per heavy atom. The van der Waals surface area contributed by atoms with Crippen molar-refractivity contribution < 1.29 is 14.6 Å². The molecular weight excluding hydrogens is 320 g/mol. The Hall–Kier alpha value is -0.580. The topological polar surface area (TPSA) is 38.7 Å². The fourth-order valence-corrected chi connectivity index (χ4v) is 3.59. The largest absolute Gasteiger partial charge is 0.493 e. The lowest BCUT2D eigenvalue weighted by atomic mass is 9.86. The van der Waals surface area contributed by atoms with Gasteiger partial charge in [0, 0.05) is 24.4 Å². The van der Waals surface area contributed by atoms with Gasteiger partial charge in [-0.1, -0.05) is 29.8 Å². The molecule has 20 heavy (non-hydrogen) atoms. The van der Waals surface area contributed by atoms with E-state index in [-0.39, 0.29) is 0 Å². The highest BCUT2D eigenvalue weighted by atomic mass is 79.9. The Morgan fingerprint density at radius 2 is 2.10 bits per heavy atom. The second-order valence-corrected chi connectivity index (χ2v) is 6.26. The van der Waals surface area contributed by atoms with Crippen LogP contribution in [0.25, 0.3) is 0 Å². The molecule has 1 unspecified atom stereocenters. The number of methoxy groups -OCH3 is 1. The summed E-state index contributed by atoms with van der Waals surface area (Å²) in [6, 6.07) is 4.14. The predicted octanol–water partition coefficient (Wildman–Crippen LogP) is 3.49. The monoisotopic (exact) mass is 342 g/mol. The lowest BCUT2D eigenvalue weighted by molar-refractivity contribution is -0.106. The van der Waals surface area contributed by atoms with Gasteiger partial charge < -0.3 is 14.6 Å². The zero-order chi connectivity index (χ0) is 14.8.